The van der Waals surface area contributed by atoms with Crippen molar-refractivity contribution in [2.45, 2.75) is 32.7 Å². The number of hydrogen-bond donors (Lipinski definition) is 4. The van der Waals surface area contributed by atoms with Crippen molar-refractivity contribution in [3.8, 4) is 17.2 Å². The van der Waals surface area contributed by atoms with Gasteiger partial charge < -0.3 is 34.7 Å². The number of aliphatic hydroxyl groups is 1. The molecular formula is C31H30Cl4N4O7. The summed E-state index contributed by atoms with van der Waals surface area (Å²) in [6, 6.07) is 11.9. The van der Waals surface area contributed by atoms with E-state index >= 15 is 0 Å². The van der Waals surface area contributed by atoms with Crippen LogP contribution in [0.15, 0.2) is 64.9 Å². The molecule has 0 fully saturated rings. The molecule has 2 atom stereocenters. The van der Waals surface area contributed by atoms with E-state index < -0.39 is 24.3 Å². The molecule has 46 heavy (non-hydrogen) atoms. The van der Waals surface area contributed by atoms with Crippen LogP contribution in [0.5, 0.6) is 17.2 Å². The molecule has 0 spiro atoms. The summed E-state index contributed by atoms with van der Waals surface area (Å²) in [4.78, 5) is 24.6. The highest BCUT2D eigenvalue weighted by atomic mass is 35.5. The number of carbonyl (C=O) groups excluding carboxylic acids is 2. The first kappa shape index (κ1) is 35.0. The van der Waals surface area contributed by atoms with E-state index in [-0.39, 0.29) is 23.8 Å². The minimum absolute atomic E-state index is 0.104. The molecular weight excluding hydrogens is 682 g/mol. The summed E-state index contributed by atoms with van der Waals surface area (Å²) in [5.41, 5.74) is 4.90. The average molecular weight is 712 g/mol. The number of rotatable bonds is 13. The Bertz CT molecular complexity index is 1670. The fourth-order valence-electron chi connectivity index (χ4n) is 4.43. The highest BCUT2D eigenvalue weighted by molar-refractivity contribution is 6.36. The van der Waals surface area contributed by atoms with E-state index in [1.54, 1.807) is 56.3 Å². The predicted molar refractivity (Wildman–Crippen MR) is 176 cm³/mol. The number of ether oxygens (including phenoxy) is 4. The Hall–Kier alpha value is -3.87. The van der Waals surface area contributed by atoms with Crippen molar-refractivity contribution in [1.29, 1.82) is 0 Å². The van der Waals surface area contributed by atoms with Gasteiger partial charge in [-0.25, -0.2) is 9.59 Å². The van der Waals surface area contributed by atoms with Gasteiger partial charge in [-0.05, 0) is 55.8 Å². The molecule has 4 N–H and O–H groups in total. The van der Waals surface area contributed by atoms with Gasteiger partial charge in [0.2, 0.25) is 0 Å². The second kappa shape index (κ2) is 16.1. The summed E-state index contributed by atoms with van der Waals surface area (Å²) in [7, 11) is 1.26. The number of hydrogen-bond acceptors (Lipinski definition) is 9. The third-order valence-corrected chi connectivity index (χ3v) is 7.61. The molecule has 3 aromatic rings. The summed E-state index contributed by atoms with van der Waals surface area (Å²) in [6.07, 6.45) is 0.152. The zero-order valence-electron chi connectivity index (χ0n) is 24.8. The van der Waals surface area contributed by atoms with Crippen LogP contribution in [0.25, 0.3) is 0 Å². The molecule has 0 aliphatic carbocycles. The first-order valence-electron chi connectivity index (χ1n) is 13.8. The van der Waals surface area contributed by atoms with Gasteiger partial charge >= 0.3 is 12.0 Å². The van der Waals surface area contributed by atoms with Crippen LogP contribution < -0.4 is 30.3 Å². The quantitative estimate of drug-likeness (QED) is 0.0692. The van der Waals surface area contributed by atoms with Crippen LogP contribution in [0.2, 0.25) is 20.1 Å². The number of aliphatic hydroxyl groups excluding tert-OH is 1. The molecule has 2 amide bonds. The fraction of sp³-hybridized carbons (Fsp3) is 0.258. The third kappa shape index (κ3) is 8.89. The smallest absolute Gasteiger partial charge is 0.337 e. The van der Waals surface area contributed by atoms with Gasteiger partial charge in [-0.1, -0.05) is 58.5 Å². The van der Waals surface area contributed by atoms with E-state index in [0.717, 1.165) is 0 Å². The number of urea groups is 1. The Morgan fingerprint density at radius 2 is 1.78 bits per heavy atom. The van der Waals surface area contributed by atoms with Gasteiger partial charge in [-0.15, -0.1) is 0 Å². The van der Waals surface area contributed by atoms with Crippen LogP contribution in [0.1, 0.15) is 36.6 Å². The molecule has 15 heteroatoms. The summed E-state index contributed by atoms with van der Waals surface area (Å²) >= 11 is 24.8. The van der Waals surface area contributed by atoms with E-state index in [1.807, 2.05) is 0 Å². The topological polar surface area (TPSA) is 140 Å². The average Bonchev–Trinajstić information content (AvgIpc) is 3.00. The Morgan fingerprint density at radius 1 is 1.02 bits per heavy atom. The number of benzene rings is 3. The molecule has 3 aromatic carbocycles. The van der Waals surface area contributed by atoms with Crippen LogP contribution in [0.3, 0.4) is 0 Å². The van der Waals surface area contributed by atoms with E-state index in [2.05, 4.69) is 21.2 Å². The fourth-order valence-corrected chi connectivity index (χ4v) is 5.46. The normalized spacial score (nSPS) is 15.2. The summed E-state index contributed by atoms with van der Waals surface area (Å²) in [5.74, 6) is 0.364. The van der Waals surface area contributed by atoms with Crippen molar-refractivity contribution in [3.05, 3.63) is 96.6 Å². The van der Waals surface area contributed by atoms with Crippen LogP contribution in [0.4, 0.5) is 4.79 Å². The summed E-state index contributed by atoms with van der Waals surface area (Å²) in [6.45, 7) is 3.60. The zero-order valence-corrected chi connectivity index (χ0v) is 27.9. The van der Waals surface area contributed by atoms with E-state index in [1.165, 1.54) is 19.4 Å². The van der Waals surface area contributed by atoms with Gasteiger partial charge in [0, 0.05) is 31.9 Å². The van der Waals surface area contributed by atoms with Crippen molar-refractivity contribution in [2.24, 2.45) is 5.10 Å². The Balaban J connectivity index is 1.43. The predicted octanol–water partition coefficient (Wildman–Crippen LogP) is 6.40. The largest absolute Gasteiger partial charge is 0.490 e. The van der Waals surface area contributed by atoms with Crippen molar-refractivity contribution >= 4 is 64.6 Å². The maximum Gasteiger partial charge on any atom is 0.337 e. The van der Waals surface area contributed by atoms with E-state index in [9.17, 15) is 14.7 Å². The monoisotopic (exact) mass is 710 g/mol. The van der Waals surface area contributed by atoms with Gasteiger partial charge in [0.25, 0.3) is 0 Å². The third-order valence-electron chi connectivity index (χ3n) is 6.52. The highest BCUT2D eigenvalue weighted by Crippen LogP contribution is 2.35. The number of nitrogens with one attached hydrogen (secondary N) is 3. The van der Waals surface area contributed by atoms with Gasteiger partial charge in [-0.3, -0.25) is 5.43 Å². The second-order valence-electron chi connectivity index (χ2n) is 9.75. The Morgan fingerprint density at radius 3 is 2.50 bits per heavy atom. The van der Waals surface area contributed by atoms with Crippen molar-refractivity contribution in [2.75, 3.05) is 20.3 Å². The molecule has 1 heterocycles. The molecule has 244 valence electrons. The number of nitrogens with zero attached hydrogens (tertiary/aromatic N) is 1. The lowest BCUT2D eigenvalue weighted by atomic mass is 9.95. The molecule has 0 saturated heterocycles. The lowest BCUT2D eigenvalue weighted by Gasteiger charge is -2.28. The van der Waals surface area contributed by atoms with E-state index in [4.69, 9.17) is 65.4 Å². The summed E-state index contributed by atoms with van der Waals surface area (Å²) < 4.78 is 22.4. The minimum Gasteiger partial charge on any atom is -0.490 e. The number of methoxy groups -OCH3 is 1. The molecule has 0 radical (unpaired) electrons. The minimum atomic E-state index is -1.24. The maximum absolute atomic E-state index is 12.5. The van der Waals surface area contributed by atoms with Gasteiger partial charge in [0.1, 0.15) is 19.0 Å². The molecule has 0 aromatic heterocycles. The van der Waals surface area contributed by atoms with Crippen molar-refractivity contribution < 1.29 is 33.6 Å². The molecule has 1 aliphatic rings. The number of halogens is 4. The molecule has 0 saturated carbocycles. The molecule has 4 rings (SSSR count). The highest BCUT2D eigenvalue weighted by Gasteiger charge is 2.32. The maximum atomic E-state index is 12.5. The van der Waals surface area contributed by atoms with Gasteiger partial charge in [0.15, 0.2) is 17.7 Å². The Kier molecular flexibility index (Phi) is 12.3. The first-order chi connectivity index (χ1) is 22.0. The lowest BCUT2D eigenvalue weighted by Crippen LogP contribution is -2.45. The SMILES string of the molecule is CCOc1cc([C@H]2NC(=O)NC(C)=C2C(=O)OC)ccc1OC[C@@H](O)N/N=C/c1cc(Cl)cc(Cl)c1OCc1ccc(Cl)cc1Cl. The number of carbonyl (C=O) groups is 2. The van der Waals surface area contributed by atoms with Gasteiger partial charge in [-0.2, -0.15) is 5.10 Å². The van der Waals surface area contributed by atoms with Crippen LogP contribution in [-0.4, -0.2) is 49.9 Å². The van der Waals surface area contributed by atoms with Crippen molar-refractivity contribution in [1.82, 2.24) is 16.1 Å². The molecule has 11 nitrogen and oxygen atoms in total. The standard InChI is InChI=1S/C31H30Cl4N4O7/c1-4-44-25-10-17(28-27(30(41)43-3)16(2)37-31(42)38-28)6-8-24(25)45-15-26(40)39-36-13-19-9-21(33)12-23(35)29(19)46-14-18-5-7-20(32)11-22(18)34/h5-13,26,28,39-40H,4,14-15H2,1-3H3,(H2,37,38,42)/b36-13+/t26-,28-/m1/s1. The van der Waals surface area contributed by atoms with Crippen molar-refractivity contribution in [3.63, 3.8) is 0 Å². The number of hydrazone groups is 1. The zero-order chi connectivity index (χ0) is 33.4. The van der Waals surface area contributed by atoms with Crippen LogP contribution in [0, 0.1) is 0 Å². The lowest BCUT2D eigenvalue weighted by molar-refractivity contribution is -0.136. The number of amides is 2. The van der Waals surface area contributed by atoms with Gasteiger partial charge in [0.05, 0.1) is 36.6 Å². The second-order valence-corrected chi connectivity index (χ2v) is 11.4. The molecule has 0 bridgehead atoms. The van der Waals surface area contributed by atoms with Crippen LogP contribution in [-0.2, 0) is 16.1 Å². The molecule has 1 aliphatic heterocycles. The van der Waals surface area contributed by atoms with Crippen LogP contribution >= 0.6 is 46.4 Å². The Labute approximate surface area is 285 Å². The van der Waals surface area contributed by atoms with E-state index in [0.29, 0.717) is 61.3 Å². The number of allylic oxidation sites excluding steroid dienone is 1. The summed E-state index contributed by atoms with van der Waals surface area (Å²) in [5, 5.41) is 21.5. The molecule has 0 unspecified atom stereocenters. The first-order valence-corrected chi connectivity index (χ1v) is 15.3. The number of esters is 1.